The fourth-order valence-electron chi connectivity index (χ4n) is 3.22. The minimum atomic E-state index is -0.131. The molecule has 146 valence electrons. The maximum absolute atomic E-state index is 12.5. The lowest BCUT2D eigenvalue weighted by molar-refractivity contribution is 0.0949. The van der Waals surface area contributed by atoms with Gasteiger partial charge in [-0.05, 0) is 48.9 Å². The Labute approximate surface area is 179 Å². The number of nitrogens with one attached hydrogen (secondary N) is 1. The Morgan fingerprint density at radius 3 is 2.55 bits per heavy atom. The number of aromatic nitrogens is 2. The number of imidazole rings is 1. The van der Waals surface area contributed by atoms with Crippen LogP contribution < -0.4 is 5.32 Å². The van der Waals surface area contributed by atoms with Gasteiger partial charge in [-0.2, -0.15) is 0 Å². The standard InChI is InChI=1S/C23H19Cl2N3O/c1-15-6-8-16(9-7-15)23(29)26-13-22-27-20-4-2-3-5-21(20)28(22)14-17-10-11-18(24)12-19(17)25/h2-12H,13-14H2,1H3,(H,26,29). The summed E-state index contributed by atoms with van der Waals surface area (Å²) in [5, 5.41) is 4.17. The largest absolute Gasteiger partial charge is 0.345 e. The quantitative estimate of drug-likeness (QED) is 0.451. The van der Waals surface area contributed by atoms with Crippen molar-refractivity contribution in [3.05, 3.63) is 99.3 Å². The maximum Gasteiger partial charge on any atom is 0.251 e. The molecule has 4 aromatic rings. The molecular weight excluding hydrogens is 405 g/mol. The molecule has 1 amide bonds. The van der Waals surface area contributed by atoms with Gasteiger partial charge in [0.1, 0.15) is 5.82 Å². The predicted molar refractivity (Wildman–Crippen MR) is 118 cm³/mol. The molecule has 1 heterocycles. The molecule has 6 heteroatoms. The number of halogens is 2. The van der Waals surface area contributed by atoms with Crippen LogP contribution in [0.25, 0.3) is 11.0 Å². The van der Waals surface area contributed by atoms with Crippen LogP contribution >= 0.6 is 23.2 Å². The Morgan fingerprint density at radius 1 is 1.03 bits per heavy atom. The molecule has 29 heavy (non-hydrogen) atoms. The Hall–Kier alpha value is -2.82. The Morgan fingerprint density at radius 2 is 1.79 bits per heavy atom. The lowest BCUT2D eigenvalue weighted by atomic mass is 10.1. The molecule has 0 bridgehead atoms. The molecule has 4 nitrogen and oxygen atoms in total. The van der Waals surface area contributed by atoms with Crippen LogP contribution in [-0.4, -0.2) is 15.5 Å². The normalized spacial score (nSPS) is 11.0. The average molecular weight is 424 g/mol. The van der Waals surface area contributed by atoms with Crippen molar-refractivity contribution in [2.45, 2.75) is 20.0 Å². The number of carbonyl (C=O) groups is 1. The molecular formula is C23H19Cl2N3O. The minimum Gasteiger partial charge on any atom is -0.345 e. The van der Waals surface area contributed by atoms with E-state index in [1.807, 2.05) is 67.6 Å². The third kappa shape index (κ3) is 4.29. The van der Waals surface area contributed by atoms with Gasteiger partial charge in [0.15, 0.2) is 0 Å². The zero-order valence-corrected chi connectivity index (χ0v) is 17.3. The lowest BCUT2D eigenvalue weighted by Crippen LogP contribution is -2.25. The number of aryl methyl sites for hydroxylation is 1. The summed E-state index contributed by atoms with van der Waals surface area (Å²) in [6.07, 6.45) is 0. The van der Waals surface area contributed by atoms with Crippen LogP contribution in [0.1, 0.15) is 27.3 Å². The van der Waals surface area contributed by atoms with E-state index in [-0.39, 0.29) is 5.91 Å². The van der Waals surface area contributed by atoms with Gasteiger partial charge in [-0.15, -0.1) is 0 Å². The van der Waals surface area contributed by atoms with Crippen LogP contribution in [0.3, 0.4) is 0 Å². The second-order valence-electron chi connectivity index (χ2n) is 6.89. The van der Waals surface area contributed by atoms with Crippen molar-refractivity contribution in [2.75, 3.05) is 0 Å². The average Bonchev–Trinajstić information content (AvgIpc) is 3.06. The first kappa shape index (κ1) is 19.5. The third-order valence-corrected chi connectivity index (χ3v) is 5.38. The second kappa shape index (κ2) is 8.27. The third-order valence-electron chi connectivity index (χ3n) is 4.80. The molecule has 4 rings (SSSR count). The molecule has 0 saturated carbocycles. The lowest BCUT2D eigenvalue weighted by Gasteiger charge is -2.12. The van der Waals surface area contributed by atoms with Crippen LogP contribution in [0.2, 0.25) is 10.0 Å². The number of amides is 1. The summed E-state index contributed by atoms with van der Waals surface area (Å²) in [5.74, 6) is 0.630. The van der Waals surface area contributed by atoms with E-state index < -0.39 is 0 Å². The predicted octanol–water partition coefficient (Wildman–Crippen LogP) is 5.63. The first-order valence-corrected chi connectivity index (χ1v) is 10.00. The van der Waals surface area contributed by atoms with Crippen molar-refractivity contribution in [1.82, 2.24) is 14.9 Å². The van der Waals surface area contributed by atoms with E-state index in [1.165, 1.54) is 0 Å². The molecule has 0 fully saturated rings. The van der Waals surface area contributed by atoms with Crippen LogP contribution in [-0.2, 0) is 13.1 Å². The van der Waals surface area contributed by atoms with E-state index in [4.69, 9.17) is 28.2 Å². The maximum atomic E-state index is 12.5. The van der Waals surface area contributed by atoms with Crippen LogP contribution in [0.15, 0.2) is 66.7 Å². The summed E-state index contributed by atoms with van der Waals surface area (Å²) in [6, 6.07) is 20.8. The van der Waals surface area contributed by atoms with E-state index >= 15 is 0 Å². The van der Waals surface area contributed by atoms with Crippen molar-refractivity contribution < 1.29 is 4.79 Å². The number of rotatable bonds is 5. The van der Waals surface area contributed by atoms with Gasteiger partial charge in [0, 0.05) is 15.6 Å². The van der Waals surface area contributed by atoms with Crippen LogP contribution in [0.4, 0.5) is 0 Å². The summed E-state index contributed by atoms with van der Waals surface area (Å²) < 4.78 is 2.07. The highest BCUT2D eigenvalue weighted by molar-refractivity contribution is 6.35. The Balaban J connectivity index is 1.62. The van der Waals surface area contributed by atoms with Crippen LogP contribution in [0, 0.1) is 6.92 Å². The molecule has 1 aromatic heterocycles. The number of nitrogens with zero attached hydrogens (tertiary/aromatic N) is 2. The van der Waals surface area contributed by atoms with Crippen molar-refractivity contribution in [2.24, 2.45) is 0 Å². The molecule has 0 spiro atoms. The first-order valence-electron chi connectivity index (χ1n) is 9.24. The SMILES string of the molecule is Cc1ccc(C(=O)NCc2nc3ccccc3n2Cc2ccc(Cl)cc2Cl)cc1. The zero-order chi connectivity index (χ0) is 20.4. The smallest absolute Gasteiger partial charge is 0.251 e. The Kier molecular flexibility index (Phi) is 5.56. The van der Waals surface area contributed by atoms with Crippen molar-refractivity contribution in [1.29, 1.82) is 0 Å². The van der Waals surface area contributed by atoms with E-state index in [1.54, 1.807) is 6.07 Å². The fraction of sp³-hybridized carbons (Fsp3) is 0.130. The van der Waals surface area contributed by atoms with Gasteiger partial charge >= 0.3 is 0 Å². The molecule has 3 aromatic carbocycles. The van der Waals surface area contributed by atoms with Gasteiger partial charge in [0.05, 0.1) is 24.1 Å². The fourth-order valence-corrected chi connectivity index (χ4v) is 3.69. The highest BCUT2D eigenvalue weighted by Crippen LogP contribution is 2.24. The van der Waals surface area contributed by atoms with Gasteiger partial charge in [-0.1, -0.05) is 59.1 Å². The molecule has 0 aliphatic carbocycles. The van der Waals surface area contributed by atoms with Crippen molar-refractivity contribution >= 4 is 40.1 Å². The number of hydrogen-bond donors (Lipinski definition) is 1. The summed E-state index contributed by atoms with van der Waals surface area (Å²) in [6.45, 7) is 2.84. The van der Waals surface area contributed by atoms with Gasteiger partial charge in [0.25, 0.3) is 5.91 Å². The van der Waals surface area contributed by atoms with Crippen molar-refractivity contribution in [3.63, 3.8) is 0 Å². The molecule has 0 unspecified atom stereocenters. The summed E-state index contributed by atoms with van der Waals surface area (Å²) in [4.78, 5) is 17.2. The highest BCUT2D eigenvalue weighted by Gasteiger charge is 2.14. The molecule has 0 radical (unpaired) electrons. The van der Waals surface area contributed by atoms with Crippen LogP contribution in [0.5, 0.6) is 0 Å². The van der Waals surface area contributed by atoms with Crippen molar-refractivity contribution in [3.8, 4) is 0 Å². The monoisotopic (exact) mass is 423 g/mol. The second-order valence-corrected chi connectivity index (χ2v) is 7.73. The first-order chi connectivity index (χ1) is 14.0. The van der Waals surface area contributed by atoms with E-state index in [2.05, 4.69) is 9.88 Å². The number of benzene rings is 3. The summed E-state index contributed by atoms with van der Waals surface area (Å²) in [5.41, 5.74) is 4.53. The molecule has 0 atom stereocenters. The molecule has 0 aliphatic rings. The van der Waals surface area contributed by atoms with Gasteiger partial charge in [0.2, 0.25) is 0 Å². The number of fused-ring (bicyclic) bond motifs is 1. The molecule has 1 N–H and O–H groups in total. The topological polar surface area (TPSA) is 46.9 Å². The number of hydrogen-bond acceptors (Lipinski definition) is 2. The van der Waals surface area contributed by atoms with E-state index in [0.29, 0.717) is 28.7 Å². The summed E-state index contributed by atoms with van der Waals surface area (Å²) in [7, 11) is 0. The van der Waals surface area contributed by atoms with Gasteiger partial charge < -0.3 is 9.88 Å². The van der Waals surface area contributed by atoms with E-state index in [9.17, 15) is 4.79 Å². The number of carbonyl (C=O) groups excluding carboxylic acids is 1. The van der Waals surface area contributed by atoms with Gasteiger partial charge in [-0.25, -0.2) is 4.98 Å². The zero-order valence-electron chi connectivity index (χ0n) is 15.8. The van der Waals surface area contributed by atoms with Gasteiger partial charge in [-0.3, -0.25) is 4.79 Å². The minimum absolute atomic E-state index is 0.131. The Bertz CT molecular complexity index is 1180. The number of para-hydroxylation sites is 2. The van der Waals surface area contributed by atoms with E-state index in [0.717, 1.165) is 28.0 Å². The highest BCUT2D eigenvalue weighted by atomic mass is 35.5. The molecule has 0 aliphatic heterocycles. The molecule has 0 saturated heterocycles. The summed E-state index contributed by atoms with van der Waals surface area (Å²) >= 11 is 12.4.